The van der Waals surface area contributed by atoms with Crippen LogP contribution in [0.15, 0.2) is 59.5 Å². The molecule has 11 heteroatoms. The molecule has 1 saturated carbocycles. The van der Waals surface area contributed by atoms with Crippen molar-refractivity contribution in [2.45, 2.75) is 57.9 Å². The fourth-order valence-corrected chi connectivity index (χ4v) is 6.90. The highest BCUT2D eigenvalue weighted by Crippen LogP contribution is 2.48. The molecule has 1 aliphatic heterocycles. The minimum absolute atomic E-state index is 0.00943. The number of carboxylic acid groups (broad SMARTS) is 1. The first kappa shape index (κ1) is 27.9. The smallest absolute Gasteiger partial charge is 0.410 e. The number of benzene rings is 2. The second-order valence-corrected chi connectivity index (χ2v) is 12.3. The molecule has 42 heavy (non-hydrogen) atoms. The van der Waals surface area contributed by atoms with Crippen LogP contribution in [-0.2, 0) is 23.3 Å². The summed E-state index contributed by atoms with van der Waals surface area (Å²) in [6.07, 6.45) is 2.24. The van der Waals surface area contributed by atoms with E-state index < -0.39 is 35.1 Å². The van der Waals surface area contributed by atoms with E-state index in [2.05, 4.69) is 0 Å². The summed E-state index contributed by atoms with van der Waals surface area (Å²) < 4.78 is 39.9. The standard InChI is InChI=1S/C31H28F2N2O6S/c1-31(2)16-34(30(39)40-15-17-6-4-3-5-7-17)13-18-12-23(42-27(18)31)20-10-11-21-24(26(20)41-29(32)33)35(19-8-9-19)14-22(25(21)36)28(37)38/h3-7,10-12,14,19,29H,8-9,13,15-16H2,1-2H3,(H,37,38). The van der Waals surface area contributed by atoms with Crippen LogP contribution in [0.25, 0.3) is 21.3 Å². The summed E-state index contributed by atoms with van der Waals surface area (Å²) in [6.45, 7) is 1.70. The number of pyridine rings is 1. The molecule has 6 rings (SSSR count). The zero-order valence-electron chi connectivity index (χ0n) is 22.9. The molecule has 8 nitrogen and oxygen atoms in total. The van der Waals surface area contributed by atoms with Gasteiger partial charge in [0.25, 0.3) is 0 Å². The fraction of sp³-hybridized carbons (Fsp3) is 0.323. The third-order valence-electron chi connectivity index (χ3n) is 7.62. The maximum atomic E-state index is 13.8. The van der Waals surface area contributed by atoms with E-state index in [9.17, 15) is 28.3 Å². The average Bonchev–Trinajstić information content (AvgIpc) is 3.70. The number of carbonyl (C=O) groups is 2. The largest absolute Gasteiger partial charge is 0.477 e. The van der Waals surface area contributed by atoms with Gasteiger partial charge in [-0.25, -0.2) is 9.59 Å². The number of aromatic carboxylic acids is 1. The Hall–Kier alpha value is -4.25. The first-order valence-corrected chi connectivity index (χ1v) is 14.3. The second kappa shape index (κ2) is 10.5. The molecule has 0 spiro atoms. The number of aromatic nitrogens is 1. The lowest BCUT2D eigenvalue weighted by Gasteiger charge is -2.37. The highest BCUT2D eigenvalue weighted by Gasteiger charge is 2.37. The van der Waals surface area contributed by atoms with Crippen molar-refractivity contribution in [2.24, 2.45) is 0 Å². The van der Waals surface area contributed by atoms with Gasteiger partial charge >= 0.3 is 18.7 Å². The summed E-state index contributed by atoms with van der Waals surface area (Å²) in [6, 6.07) is 14.2. The lowest BCUT2D eigenvalue weighted by Crippen LogP contribution is -2.44. The third-order valence-corrected chi connectivity index (χ3v) is 9.20. The van der Waals surface area contributed by atoms with E-state index in [1.165, 1.54) is 29.7 Å². The van der Waals surface area contributed by atoms with Crippen molar-refractivity contribution in [3.05, 3.63) is 86.5 Å². The number of thiophene rings is 1. The molecule has 0 unspecified atom stereocenters. The molecule has 4 aromatic rings. The van der Waals surface area contributed by atoms with Crippen molar-refractivity contribution < 1.29 is 33.0 Å². The van der Waals surface area contributed by atoms with E-state index in [0.29, 0.717) is 17.0 Å². The summed E-state index contributed by atoms with van der Waals surface area (Å²) in [4.78, 5) is 41.1. The predicted molar refractivity (Wildman–Crippen MR) is 153 cm³/mol. The number of amides is 1. The van der Waals surface area contributed by atoms with Crippen molar-refractivity contribution in [1.82, 2.24) is 9.47 Å². The van der Waals surface area contributed by atoms with Gasteiger partial charge in [-0.1, -0.05) is 44.2 Å². The number of nitrogens with zero attached hydrogens (tertiary/aromatic N) is 2. The minimum atomic E-state index is -3.17. The average molecular weight is 595 g/mol. The van der Waals surface area contributed by atoms with Crippen LogP contribution in [0, 0.1) is 0 Å². The van der Waals surface area contributed by atoms with E-state index in [4.69, 9.17) is 9.47 Å². The quantitative estimate of drug-likeness (QED) is 0.253. The van der Waals surface area contributed by atoms with E-state index in [1.54, 1.807) is 9.47 Å². The SMILES string of the molecule is CC1(C)CN(C(=O)OCc2ccccc2)Cc2cc(-c3ccc4c(=O)c(C(=O)O)cn(C5CC5)c4c3OC(F)F)sc21. The van der Waals surface area contributed by atoms with Crippen LogP contribution in [0.3, 0.4) is 0 Å². The third kappa shape index (κ3) is 5.13. The van der Waals surface area contributed by atoms with Gasteiger partial charge in [0, 0.05) is 39.5 Å². The molecule has 2 aromatic heterocycles. The van der Waals surface area contributed by atoms with Gasteiger partial charge in [-0.3, -0.25) is 4.79 Å². The topological polar surface area (TPSA) is 98.1 Å². The van der Waals surface area contributed by atoms with Crippen LogP contribution in [-0.4, -0.2) is 39.8 Å². The van der Waals surface area contributed by atoms with Gasteiger partial charge < -0.3 is 24.0 Å². The first-order chi connectivity index (χ1) is 20.0. The molecule has 218 valence electrons. The molecular weight excluding hydrogens is 566 g/mol. The van der Waals surface area contributed by atoms with Crippen LogP contribution < -0.4 is 10.2 Å². The number of halogens is 2. The Morgan fingerprint density at radius 2 is 1.88 bits per heavy atom. The lowest BCUT2D eigenvalue weighted by molar-refractivity contribution is -0.0486. The number of hydrogen-bond acceptors (Lipinski definition) is 6. The highest BCUT2D eigenvalue weighted by molar-refractivity contribution is 7.15. The Labute approximate surface area is 243 Å². The van der Waals surface area contributed by atoms with Gasteiger partial charge in [0.05, 0.1) is 17.4 Å². The van der Waals surface area contributed by atoms with Crippen molar-refractivity contribution in [3.63, 3.8) is 0 Å². The molecule has 1 aliphatic carbocycles. The van der Waals surface area contributed by atoms with Gasteiger partial charge in [-0.05, 0) is 42.2 Å². The van der Waals surface area contributed by atoms with Crippen LogP contribution in [0.2, 0.25) is 0 Å². The summed E-state index contributed by atoms with van der Waals surface area (Å²) in [7, 11) is 0. The van der Waals surface area contributed by atoms with Gasteiger partial charge in [0.1, 0.15) is 12.2 Å². The second-order valence-electron chi connectivity index (χ2n) is 11.3. The van der Waals surface area contributed by atoms with E-state index in [-0.39, 0.29) is 35.8 Å². The number of ether oxygens (including phenoxy) is 2. The molecule has 0 bridgehead atoms. The van der Waals surface area contributed by atoms with Crippen LogP contribution in [0.5, 0.6) is 5.75 Å². The molecule has 0 radical (unpaired) electrons. The van der Waals surface area contributed by atoms with Crippen molar-refractivity contribution in [1.29, 1.82) is 0 Å². The zero-order valence-corrected chi connectivity index (χ0v) is 23.7. The molecule has 2 aliphatic rings. The van der Waals surface area contributed by atoms with E-state index in [1.807, 2.05) is 50.2 Å². The Kier molecular flexibility index (Phi) is 7.00. The van der Waals surface area contributed by atoms with Gasteiger partial charge in [-0.2, -0.15) is 8.78 Å². The molecule has 1 N–H and O–H groups in total. The summed E-state index contributed by atoms with van der Waals surface area (Å²) in [5.74, 6) is -1.55. The minimum Gasteiger partial charge on any atom is -0.477 e. The van der Waals surface area contributed by atoms with Crippen LogP contribution in [0.4, 0.5) is 13.6 Å². The molecule has 1 amide bonds. The number of rotatable bonds is 7. The van der Waals surface area contributed by atoms with Crippen molar-refractivity contribution in [3.8, 4) is 16.2 Å². The van der Waals surface area contributed by atoms with Crippen molar-refractivity contribution in [2.75, 3.05) is 6.54 Å². The Balaban J connectivity index is 1.41. The first-order valence-electron chi connectivity index (χ1n) is 13.5. The van der Waals surface area contributed by atoms with E-state index in [0.717, 1.165) is 28.8 Å². The molecule has 0 saturated heterocycles. The van der Waals surface area contributed by atoms with E-state index >= 15 is 0 Å². The van der Waals surface area contributed by atoms with Crippen molar-refractivity contribution >= 4 is 34.3 Å². The zero-order chi connectivity index (χ0) is 29.8. The van der Waals surface area contributed by atoms with Gasteiger partial charge in [-0.15, -0.1) is 11.3 Å². The number of fused-ring (bicyclic) bond motifs is 2. The Bertz CT molecular complexity index is 1760. The summed E-state index contributed by atoms with van der Waals surface area (Å²) >= 11 is 1.43. The normalized spacial score (nSPS) is 16.0. The number of carboxylic acids is 1. The van der Waals surface area contributed by atoms with Crippen LogP contribution in [0.1, 0.15) is 59.1 Å². The summed E-state index contributed by atoms with van der Waals surface area (Å²) in [5.41, 5.74) is 0.648. The van der Waals surface area contributed by atoms with Crippen LogP contribution >= 0.6 is 11.3 Å². The molecule has 0 atom stereocenters. The highest BCUT2D eigenvalue weighted by atomic mass is 32.1. The maximum absolute atomic E-state index is 13.8. The Morgan fingerprint density at radius 3 is 2.55 bits per heavy atom. The fourth-order valence-electron chi connectivity index (χ4n) is 5.62. The number of hydrogen-bond donors (Lipinski definition) is 1. The molecule has 1 fully saturated rings. The number of carbonyl (C=O) groups excluding carboxylic acids is 1. The maximum Gasteiger partial charge on any atom is 0.410 e. The van der Waals surface area contributed by atoms with Gasteiger partial charge in [0.2, 0.25) is 5.43 Å². The van der Waals surface area contributed by atoms with Gasteiger partial charge in [0.15, 0.2) is 5.75 Å². The molecule has 3 heterocycles. The molecule has 2 aromatic carbocycles. The lowest BCUT2D eigenvalue weighted by atomic mass is 9.85. The summed E-state index contributed by atoms with van der Waals surface area (Å²) in [5, 5.41) is 9.60. The number of alkyl halides is 2. The Morgan fingerprint density at radius 1 is 1.14 bits per heavy atom. The monoisotopic (exact) mass is 594 g/mol. The molecular formula is C31H28F2N2O6S. The predicted octanol–water partition coefficient (Wildman–Crippen LogP) is 6.79.